The average Bonchev–Trinajstić information content (AvgIpc) is 2.67. The van der Waals surface area contributed by atoms with Crippen LogP contribution < -0.4 is 0 Å². The lowest BCUT2D eigenvalue weighted by molar-refractivity contribution is -0.130. The van der Waals surface area contributed by atoms with Crippen LogP contribution in [0.2, 0.25) is 0 Å². The molecule has 1 aliphatic rings. The van der Waals surface area contributed by atoms with Gasteiger partial charge in [-0.15, -0.1) is 18.2 Å². The van der Waals surface area contributed by atoms with Crippen molar-refractivity contribution in [3.8, 4) is 12.3 Å². The molecule has 2 nitrogen and oxygen atoms in total. The molecule has 13 heavy (non-hydrogen) atoms. The Morgan fingerprint density at radius 1 is 1.77 bits per heavy atom. The van der Waals surface area contributed by atoms with E-state index in [1.807, 2.05) is 6.92 Å². The third kappa shape index (κ3) is 2.41. The topological polar surface area (TPSA) is 20.3 Å². The molecule has 2 atom stereocenters. The van der Waals surface area contributed by atoms with Crippen LogP contribution in [-0.4, -0.2) is 34.9 Å². The minimum absolute atomic E-state index is 0.0892. The maximum absolute atomic E-state index is 11.8. The normalized spacial score (nSPS) is 23.6. The van der Waals surface area contributed by atoms with Crippen LogP contribution in [0.5, 0.6) is 0 Å². The van der Waals surface area contributed by atoms with Gasteiger partial charge in [0, 0.05) is 7.05 Å². The highest BCUT2D eigenvalue weighted by Crippen LogP contribution is 2.27. The molecule has 0 spiro atoms. The van der Waals surface area contributed by atoms with Gasteiger partial charge in [0.15, 0.2) is 0 Å². The third-order valence-electron chi connectivity index (χ3n) is 2.37. The van der Waals surface area contributed by atoms with Crippen LogP contribution in [0, 0.1) is 12.3 Å². The fourth-order valence-corrected chi connectivity index (χ4v) is 2.56. The summed E-state index contributed by atoms with van der Waals surface area (Å²) in [5.41, 5.74) is 0. The maximum Gasteiger partial charge on any atom is 0.236 e. The van der Waals surface area contributed by atoms with E-state index < -0.39 is 0 Å². The van der Waals surface area contributed by atoms with Crippen LogP contribution in [-0.2, 0) is 4.79 Å². The molecule has 1 heterocycles. The van der Waals surface area contributed by atoms with Gasteiger partial charge in [0.25, 0.3) is 0 Å². The van der Waals surface area contributed by atoms with Gasteiger partial charge in [0.1, 0.15) is 0 Å². The van der Waals surface area contributed by atoms with E-state index in [9.17, 15) is 4.79 Å². The lowest BCUT2D eigenvalue weighted by atomic mass is 10.2. The number of thioether (sulfide) groups is 1. The van der Waals surface area contributed by atoms with Crippen molar-refractivity contribution in [3.05, 3.63) is 0 Å². The van der Waals surface area contributed by atoms with E-state index in [2.05, 4.69) is 5.92 Å². The summed E-state index contributed by atoms with van der Waals surface area (Å²) in [7, 11) is 1.78. The predicted molar refractivity (Wildman–Crippen MR) is 56.5 cm³/mol. The van der Waals surface area contributed by atoms with Crippen molar-refractivity contribution in [1.82, 2.24) is 4.90 Å². The summed E-state index contributed by atoms with van der Waals surface area (Å²) in [4.78, 5) is 13.4. The first-order valence-electron chi connectivity index (χ1n) is 4.51. The fourth-order valence-electron chi connectivity index (χ4n) is 1.30. The lowest BCUT2D eigenvalue weighted by Crippen LogP contribution is -2.39. The number of nitrogens with zero attached hydrogens (tertiary/aromatic N) is 1. The first-order chi connectivity index (χ1) is 6.16. The highest BCUT2D eigenvalue weighted by Gasteiger charge is 2.27. The van der Waals surface area contributed by atoms with E-state index in [0.29, 0.717) is 0 Å². The monoisotopic (exact) mass is 197 g/mol. The Bertz CT molecular complexity index is 228. The van der Waals surface area contributed by atoms with E-state index >= 15 is 0 Å². The molecule has 0 aliphatic carbocycles. The lowest BCUT2D eigenvalue weighted by Gasteiger charge is -2.23. The molecular formula is C10H15NOS. The third-order valence-corrected chi connectivity index (χ3v) is 3.74. The van der Waals surface area contributed by atoms with Crippen molar-refractivity contribution in [1.29, 1.82) is 0 Å². The van der Waals surface area contributed by atoms with Gasteiger partial charge in [-0.25, -0.2) is 0 Å². The molecule has 0 N–H and O–H groups in total. The van der Waals surface area contributed by atoms with Crippen LogP contribution in [0.1, 0.15) is 19.8 Å². The molecule has 0 saturated carbocycles. The number of hydrogen-bond donors (Lipinski definition) is 0. The van der Waals surface area contributed by atoms with Crippen LogP contribution in [0.15, 0.2) is 0 Å². The molecule has 1 aliphatic heterocycles. The quantitative estimate of drug-likeness (QED) is 0.623. The molecule has 1 saturated heterocycles. The molecule has 1 fully saturated rings. The molecule has 0 aromatic heterocycles. The summed E-state index contributed by atoms with van der Waals surface area (Å²) in [5.74, 6) is 3.86. The molecule has 0 bridgehead atoms. The van der Waals surface area contributed by atoms with Crippen LogP contribution in [0.25, 0.3) is 0 Å². The van der Waals surface area contributed by atoms with Gasteiger partial charge in [-0.05, 0) is 25.5 Å². The SMILES string of the molecule is C#CC(C)N(C)C(=O)C1CCCS1. The zero-order valence-corrected chi connectivity index (χ0v) is 8.93. The summed E-state index contributed by atoms with van der Waals surface area (Å²) in [5, 5.41) is 0.154. The van der Waals surface area contributed by atoms with Gasteiger partial charge < -0.3 is 4.90 Å². The number of amides is 1. The smallest absolute Gasteiger partial charge is 0.236 e. The van der Waals surface area contributed by atoms with Gasteiger partial charge in [-0.1, -0.05) is 5.92 Å². The zero-order valence-electron chi connectivity index (χ0n) is 8.12. The van der Waals surface area contributed by atoms with Crippen LogP contribution >= 0.6 is 11.8 Å². The molecule has 1 amide bonds. The standard InChI is InChI=1S/C10H15NOS/c1-4-8(2)11(3)10(12)9-6-5-7-13-9/h1,8-9H,5-7H2,2-3H3. The second-order valence-corrected chi connectivity index (χ2v) is 4.60. The van der Waals surface area contributed by atoms with E-state index in [-0.39, 0.29) is 17.2 Å². The van der Waals surface area contributed by atoms with Crippen molar-refractivity contribution in [2.24, 2.45) is 0 Å². The minimum Gasteiger partial charge on any atom is -0.331 e. The van der Waals surface area contributed by atoms with Crippen molar-refractivity contribution in [2.75, 3.05) is 12.8 Å². The Labute approximate surface area is 84.1 Å². The minimum atomic E-state index is -0.0892. The summed E-state index contributed by atoms with van der Waals surface area (Å²) in [6.45, 7) is 1.87. The Kier molecular flexibility index (Phi) is 3.68. The summed E-state index contributed by atoms with van der Waals surface area (Å²) in [6, 6.07) is -0.0892. The Morgan fingerprint density at radius 2 is 2.46 bits per heavy atom. The second kappa shape index (κ2) is 4.57. The van der Waals surface area contributed by atoms with E-state index in [1.165, 1.54) is 0 Å². The number of carbonyl (C=O) groups is 1. The van der Waals surface area contributed by atoms with Crippen molar-refractivity contribution >= 4 is 17.7 Å². The number of terminal acetylenes is 1. The predicted octanol–water partition coefficient (Wildman–Crippen LogP) is 1.36. The highest BCUT2D eigenvalue weighted by atomic mass is 32.2. The van der Waals surface area contributed by atoms with E-state index in [0.717, 1.165) is 18.6 Å². The summed E-state index contributed by atoms with van der Waals surface area (Å²) >= 11 is 1.75. The molecule has 1 rings (SSSR count). The summed E-state index contributed by atoms with van der Waals surface area (Å²) in [6.07, 6.45) is 7.42. The van der Waals surface area contributed by atoms with Gasteiger partial charge in [0.2, 0.25) is 5.91 Å². The molecule has 0 aromatic carbocycles. The Balaban J connectivity index is 2.51. The maximum atomic E-state index is 11.8. The van der Waals surface area contributed by atoms with Gasteiger partial charge in [0.05, 0.1) is 11.3 Å². The number of carbonyl (C=O) groups excluding carboxylic acids is 1. The van der Waals surface area contributed by atoms with Gasteiger partial charge in [-0.2, -0.15) is 0 Å². The first-order valence-corrected chi connectivity index (χ1v) is 5.56. The highest BCUT2D eigenvalue weighted by molar-refractivity contribution is 8.00. The van der Waals surface area contributed by atoms with Gasteiger partial charge in [-0.3, -0.25) is 4.79 Å². The van der Waals surface area contributed by atoms with Crippen molar-refractivity contribution in [2.45, 2.75) is 31.1 Å². The van der Waals surface area contributed by atoms with Crippen LogP contribution in [0.4, 0.5) is 0 Å². The average molecular weight is 197 g/mol. The molecule has 3 heteroatoms. The molecular weight excluding hydrogens is 182 g/mol. The molecule has 2 unspecified atom stereocenters. The molecule has 0 aromatic rings. The van der Waals surface area contributed by atoms with E-state index in [4.69, 9.17) is 6.42 Å². The number of rotatable bonds is 2. The van der Waals surface area contributed by atoms with Crippen molar-refractivity contribution < 1.29 is 4.79 Å². The largest absolute Gasteiger partial charge is 0.331 e. The molecule has 72 valence electrons. The molecule has 0 radical (unpaired) electrons. The summed E-state index contributed by atoms with van der Waals surface area (Å²) < 4.78 is 0. The fraction of sp³-hybridized carbons (Fsp3) is 0.700. The Morgan fingerprint density at radius 3 is 2.92 bits per heavy atom. The first kappa shape index (κ1) is 10.5. The number of hydrogen-bond acceptors (Lipinski definition) is 2. The van der Waals surface area contributed by atoms with Gasteiger partial charge >= 0.3 is 0 Å². The van der Waals surface area contributed by atoms with E-state index in [1.54, 1.807) is 23.7 Å². The second-order valence-electron chi connectivity index (χ2n) is 3.29. The Hall–Kier alpha value is -0.620. The zero-order chi connectivity index (χ0) is 9.84. The van der Waals surface area contributed by atoms with Crippen LogP contribution in [0.3, 0.4) is 0 Å². The van der Waals surface area contributed by atoms with Crippen molar-refractivity contribution in [3.63, 3.8) is 0 Å².